The molecular formula is C19H20O5. The van der Waals surface area contributed by atoms with Crippen molar-refractivity contribution in [3.63, 3.8) is 0 Å². The molecule has 2 aliphatic carbocycles. The predicted molar refractivity (Wildman–Crippen MR) is 87.1 cm³/mol. The minimum atomic E-state index is -1.48. The van der Waals surface area contributed by atoms with Crippen LogP contribution < -0.4 is 0 Å². The van der Waals surface area contributed by atoms with Gasteiger partial charge in [-0.2, -0.15) is 0 Å². The molecule has 1 aromatic rings. The molecular weight excluding hydrogens is 308 g/mol. The number of fused-ring (bicyclic) bond motifs is 3. The van der Waals surface area contributed by atoms with Gasteiger partial charge in [0.05, 0.1) is 19.8 Å². The monoisotopic (exact) mass is 328 g/mol. The van der Waals surface area contributed by atoms with Crippen molar-refractivity contribution in [2.75, 3.05) is 14.2 Å². The number of ether oxygens (including phenoxy) is 2. The first-order valence-electron chi connectivity index (χ1n) is 7.87. The summed E-state index contributed by atoms with van der Waals surface area (Å²) < 4.78 is 9.90. The topological polar surface area (TPSA) is 69.7 Å². The molecule has 2 atom stereocenters. The highest BCUT2D eigenvalue weighted by Gasteiger charge is 2.60. The van der Waals surface area contributed by atoms with Crippen molar-refractivity contribution in [1.82, 2.24) is 0 Å². The van der Waals surface area contributed by atoms with Crippen molar-refractivity contribution in [3.05, 3.63) is 41.0 Å². The molecule has 0 bridgehead atoms. The van der Waals surface area contributed by atoms with E-state index in [0.29, 0.717) is 17.6 Å². The third-order valence-corrected chi connectivity index (χ3v) is 5.49. The van der Waals surface area contributed by atoms with Gasteiger partial charge < -0.3 is 9.47 Å². The zero-order chi connectivity index (χ0) is 17.7. The van der Waals surface area contributed by atoms with Gasteiger partial charge in [-0.3, -0.25) is 9.59 Å². The number of carbonyl (C=O) groups is 3. The average molecular weight is 328 g/mol. The van der Waals surface area contributed by atoms with E-state index in [1.165, 1.54) is 14.2 Å². The Kier molecular flexibility index (Phi) is 3.62. The lowest BCUT2D eigenvalue weighted by Gasteiger charge is -2.42. The second-order valence-electron chi connectivity index (χ2n) is 6.66. The second-order valence-corrected chi connectivity index (χ2v) is 6.66. The van der Waals surface area contributed by atoms with Crippen molar-refractivity contribution >= 4 is 23.3 Å². The molecule has 0 amide bonds. The maximum Gasteiger partial charge on any atom is 0.338 e. The number of carbonyl (C=O) groups excluding carboxylic acids is 3. The summed E-state index contributed by atoms with van der Waals surface area (Å²) in [4.78, 5) is 37.8. The van der Waals surface area contributed by atoms with Crippen molar-refractivity contribution in [1.29, 1.82) is 0 Å². The third-order valence-electron chi connectivity index (χ3n) is 5.49. The Morgan fingerprint density at radius 3 is 2.38 bits per heavy atom. The molecule has 24 heavy (non-hydrogen) atoms. The van der Waals surface area contributed by atoms with Gasteiger partial charge in [0.2, 0.25) is 0 Å². The molecule has 0 spiro atoms. The maximum absolute atomic E-state index is 12.7. The standard InChI is InChI=1S/C19H20O5/c1-18-10-9-13(20)19(2,17(22)24-4)15(18)14(16(21)23-3)11-7-5-6-8-12(11)18/h5-8H,9-10H2,1-4H3/t18-,19+/m0/s1. The summed E-state index contributed by atoms with van der Waals surface area (Å²) in [6, 6.07) is 7.51. The fourth-order valence-electron chi connectivity index (χ4n) is 4.28. The van der Waals surface area contributed by atoms with Crippen LogP contribution in [0, 0.1) is 5.41 Å². The molecule has 0 radical (unpaired) electrons. The van der Waals surface area contributed by atoms with Gasteiger partial charge in [-0.25, -0.2) is 4.79 Å². The molecule has 1 aromatic carbocycles. The molecule has 126 valence electrons. The normalized spacial score (nSPS) is 28.2. The van der Waals surface area contributed by atoms with Gasteiger partial charge >= 0.3 is 11.9 Å². The van der Waals surface area contributed by atoms with E-state index in [9.17, 15) is 14.4 Å². The van der Waals surface area contributed by atoms with Crippen LogP contribution in [0.1, 0.15) is 37.8 Å². The average Bonchev–Trinajstić information content (AvgIpc) is 2.87. The second kappa shape index (κ2) is 5.30. The van der Waals surface area contributed by atoms with Gasteiger partial charge in [0.15, 0.2) is 5.78 Å². The molecule has 3 rings (SSSR count). The minimum absolute atomic E-state index is 0.226. The Hall–Kier alpha value is -2.43. The Labute approximate surface area is 140 Å². The van der Waals surface area contributed by atoms with E-state index in [-0.39, 0.29) is 12.2 Å². The molecule has 5 heteroatoms. The van der Waals surface area contributed by atoms with Crippen LogP contribution in [-0.2, 0) is 29.3 Å². The maximum atomic E-state index is 12.7. The zero-order valence-electron chi connectivity index (χ0n) is 14.3. The number of Topliss-reactive ketones (excluding diaryl/α,β-unsaturated/α-hetero) is 1. The number of benzene rings is 1. The van der Waals surface area contributed by atoms with Crippen molar-refractivity contribution < 1.29 is 23.9 Å². The summed E-state index contributed by atoms with van der Waals surface area (Å²) in [6.07, 6.45) is 0.805. The number of esters is 2. The lowest BCUT2D eigenvalue weighted by Crippen LogP contribution is -2.49. The summed E-state index contributed by atoms with van der Waals surface area (Å²) in [5, 5.41) is 0. The highest BCUT2D eigenvalue weighted by atomic mass is 16.5. The molecule has 5 nitrogen and oxygen atoms in total. The summed E-state index contributed by atoms with van der Waals surface area (Å²) in [7, 11) is 2.56. The van der Waals surface area contributed by atoms with Crippen LogP contribution in [0.2, 0.25) is 0 Å². The van der Waals surface area contributed by atoms with Crippen molar-refractivity contribution in [2.45, 2.75) is 32.1 Å². The Balaban J connectivity index is 2.40. The Morgan fingerprint density at radius 1 is 1.08 bits per heavy atom. The molecule has 0 N–H and O–H groups in total. The molecule has 0 unspecified atom stereocenters. The lowest BCUT2D eigenvalue weighted by molar-refractivity contribution is -0.156. The quantitative estimate of drug-likeness (QED) is 0.616. The third kappa shape index (κ3) is 1.84. The zero-order valence-corrected chi connectivity index (χ0v) is 14.3. The Bertz CT molecular complexity index is 781. The largest absolute Gasteiger partial charge is 0.468 e. The van der Waals surface area contributed by atoms with E-state index in [1.807, 2.05) is 31.2 Å². The highest BCUT2D eigenvalue weighted by Crippen LogP contribution is 2.59. The molecule has 1 saturated carbocycles. The van der Waals surface area contributed by atoms with Crippen molar-refractivity contribution in [2.24, 2.45) is 5.41 Å². The first-order valence-corrected chi connectivity index (χ1v) is 7.87. The van der Waals surface area contributed by atoms with Crippen LogP contribution in [0.25, 0.3) is 5.57 Å². The number of hydrogen-bond acceptors (Lipinski definition) is 5. The molecule has 2 aliphatic rings. The van der Waals surface area contributed by atoms with Gasteiger partial charge in [0.1, 0.15) is 5.41 Å². The van der Waals surface area contributed by atoms with Crippen LogP contribution in [0.4, 0.5) is 0 Å². The van der Waals surface area contributed by atoms with Crippen LogP contribution in [0.15, 0.2) is 29.8 Å². The number of rotatable bonds is 2. The van der Waals surface area contributed by atoms with E-state index >= 15 is 0 Å². The lowest BCUT2D eigenvalue weighted by atomic mass is 9.58. The van der Waals surface area contributed by atoms with Gasteiger partial charge in [0, 0.05) is 11.8 Å². The van der Waals surface area contributed by atoms with Crippen LogP contribution in [-0.4, -0.2) is 31.9 Å². The predicted octanol–water partition coefficient (Wildman–Crippen LogP) is 2.43. The summed E-state index contributed by atoms with van der Waals surface area (Å²) in [5.41, 5.74) is 0.443. The highest BCUT2D eigenvalue weighted by molar-refractivity contribution is 6.24. The number of ketones is 1. The van der Waals surface area contributed by atoms with Crippen LogP contribution in [0.3, 0.4) is 0 Å². The Morgan fingerprint density at radius 2 is 1.75 bits per heavy atom. The molecule has 0 saturated heterocycles. The summed E-state index contributed by atoms with van der Waals surface area (Å²) in [6.45, 7) is 3.54. The van der Waals surface area contributed by atoms with Gasteiger partial charge in [0.25, 0.3) is 0 Å². The first kappa shape index (κ1) is 16.4. The van der Waals surface area contributed by atoms with Crippen LogP contribution in [0.5, 0.6) is 0 Å². The summed E-state index contributed by atoms with van der Waals surface area (Å²) >= 11 is 0. The van der Waals surface area contributed by atoms with Gasteiger partial charge in [-0.05, 0) is 30.0 Å². The summed E-state index contributed by atoms with van der Waals surface area (Å²) in [5.74, 6) is -1.40. The molecule has 0 aliphatic heterocycles. The van der Waals surface area contributed by atoms with E-state index in [4.69, 9.17) is 9.47 Å². The molecule has 0 aromatic heterocycles. The van der Waals surface area contributed by atoms with Crippen molar-refractivity contribution in [3.8, 4) is 0 Å². The SMILES string of the molecule is COC(=O)C1=C2[C@](C)(C(=O)OC)C(=O)CC[C@@]2(C)c2ccccc21. The van der Waals surface area contributed by atoms with Gasteiger partial charge in [-0.1, -0.05) is 31.2 Å². The molecule has 0 heterocycles. The fraction of sp³-hybridized carbons (Fsp3) is 0.421. The number of hydrogen-bond donors (Lipinski definition) is 0. The minimum Gasteiger partial charge on any atom is -0.468 e. The number of methoxy groups -OCH3 is 2. The molecule has 1 fully saturated rings. The fourth-order valence-corrected chi connectivity index (χ4v) is 4.28. The van der Waals surface area contributed by atoms with E-state index < -0.39 is 22.8 Å². The van der Waals surface area contributed by atoms with E-state index in [0.717, 1.165) is 11.1 Å². The van der Waals surface area contributed by atoms with Gasteiger partial charge in [-0.15, -0.1) is 0 Å². The van der Waals surface area contributed by atoms with E-state index in [2.05, 4.69) is 0 Å². The smallest absolute Gasteiger partial charge is 0.338 e. The first-order chi connectivity index (χ1) is 11.3. The van der Waals surface area contributed by atoms with E-state index in [1.54, 1.807) is 6.92 Å². The van der Waals surface area contributed by atoms with Crippen LogP contribution >= 0.6 is 0 Å².